The van der Waals surface area contributed by atoms with Crippen molar-refractivity contribution in [1.29, 1.82) is 0 Å². The zero-order valence-electron chi connectivity index (χ0n) is 8.66. The second-order valence-corrected chi connectivity index (χ2v) is 3.63. The maximum atomic E-state index is 10.7. The highest BCUT2D eigenvalue weighted by Crippen LogP contribution is 2.27. The highest BCUT2D eigenvalue weighted by molar-refractivity contribution is 5.72. The molecular formula is C10H19NO3. The minimum Gasteiger partial charge on any atom is -0.481 e. The molecule has 0 bridgehead atoms. The van der Waals surface area contributed by atoms with Crippen molar-refractivity contribution in [2.45, 2.75) is 32.2 Å². The molecular weight excluding hydrogens is 182 g/mol. The Morgan fingerprint density at radius 2 is 2.36 bits per heavy atom. The lowest BCUT2D eigenvalue weighted by atomic mass is 9.79. The fraction of sp³-hybridized carbons (Fsp3) is 0.900. The lowest BCUT2D eigenvalue weighted by Crippen LogP contribution is -2.48. The number of aliphatic carboxylic acids is 1. The summed E-state index contributed by atoms with van der Waals surface area (Å²) in [5.74, 6) is -0.833. The van der Waals surface area contributed by atoms with Crippen molar-refractivity contribution in [1.82, 2.24) is 5.32 Å². The van der Waals surface area contributed by atoms with Gasteiger partial charge in [-0.25, -0.2) is 0 Å². The van der Waals surface area contributed by atoms with E-state index in [1.807, 2.05) is 6.92 Å². The molecule has 1 aliphatic carbocycles. The molecule has 0 amide bonds. The van der Waals surface area contributed by atoms with Gasteiger partial charge in [0.15, 0.2) is 0 Å². The molecule has 0 aromatic carbocycles. The number of hydrogen-bond acceptors (Lipinski definition) is 3. The van der Waals surface area contributed by atoms with Crippen molar-refractivity contribution in [3.63, 3.8) is 0 Å². The number of rotatable bonds is 7. The van der Waals surface area contributed by atoms with E-state index in [1.165, 1.54) is 0 Å². The summed E-state index contributed by atoms with van der Waals surface area (Å²) in [6.07, 6.45) is 2.76. The van der Waals surface area contributed by atoms with Crippen molar-refractivity contribution < 1.29 is 14.6 Å². The number of carbonyl (C=O) groups is 1. The number of carboxylic acid groups (broad SMARTS) is 1. The summed E-state index contributed by atoms with van der Waals surface area (Å²) in [4.78, 5) is 10.7. The van der Waals surface area contributed by atoms with E-state index in [0.29, 0.717) is 0 Å². The van der Waals surface area contributed by atoms with Crippen LogP contribution in [0.3, 0.4) is 0 Å². The molecule has 82 valence electrons. The van der Waals surface area contributed by atoms with Crippen LogP contribution in [0.2, 0.25) is 0 Å². The van der Waals surface area contributed by atoms with Crippen LogP contribution in [0, 0.1) is 5.92 Å². The van der Waals surface area contributed by atoms with E-state index < -0.39 is 5.97 Å². The average molecular weight is 201 g/mol. The zero-order chi connectivity index (χ0) is 10.4. The molecule has 0 radical (unpaired) electrons. The Balaban J connectivity index is 1.99. The van der Waals surface area contributed by atoms with Crippen LogP contribution in [-0.4, -0.2) is 36.9 Å². The van der Waals surface area contributed by atoms with Crippen LogP contribution >= 0.6 is 0 Å². The smallest absolute Gasteiger partial charge is 0.308 e. The first kappa shape index (κ1) is 11.5. The third-order valence-electron chi connectivity index (χ3n) is 2.67. The first-order valence-corrected chi connectivity index (χ1v) is 5.29. The first-order valence-electron chi connectivity index (χ1n) is 5.29. The summed E-state index contributed by atoms with van der Waals surface area (Å²) in [6, 6.07) is 0.189. The van der Waals surface area contributed by atoms with Gasteiger partial charge in [0.05, 0.1) is 5.92 Å². The molecule has 1 fully saturated rings. The quantitative estimate of drug-likeness (QED) is 0.600. The largest absolute Gasteiger partial charge is 0.481 e. The molecule has 0 saturated heterocycles. The summed E-state index contributed by atoms with van der Waals surface area (Å²) in [5, 5.41) is 12.0. The van der Waals surface area contributed by atoms with Crippen LogP contribution in [0.15, 0.2) is 0 Å². The summed E-state index contributed by atoms with van der Waals surface area (Å²) >= 11 is 0. The molecule has 0 spiro atoms. The maximum Gasteiger partial charge on any atom is 0.308 e. The molecule has 1 aliphatic rings. The minimum atomic E-state index is -0.668. The van der Waals surface area contributed by atoms with Gasteiger partial charge in [0.1, 0.15) is 0 Å². The Morgan fingerprint density at radius 3 is 2.86 bits per heavy atom. The molecule has 4 heteroatoms. The fourth-order valence-electron chi connectivity index (χ4n) is 1.65. The van der Waals surface area contributed by atoms with Crippen LogP contribution in [0.5, 0.6) is 0 Å². The van der Waals surface area contributed by atoms with Gasteiger partial charge >= 0.3 is 5.97 Å². The molecule has 1 rings (SSSR count). The molecule has 0 heterocycles. The molecule has 14 heavy (non-hydrogen) atoms. The molecule has 4 nitrogen and oxygen atoms in total. The van der Waals surface area contributed by atoms with Crippen LogP contribution in [-0.2, 0) is 9.53 Å². The van der Waals surface area contributed by atoms with E-state index in [1.54, 1.807) is 0 Å². The van der Waals surface area contributed by atoms with Gasteiger partial charge in [-0.3, -0.25) is 4.79 Å². The Morgan fingerprint density at radius 1 is 1.57 bits per heavy atom. The highest BCUT2D eigenvalue weighted by Gasteiger charge is 2.35. The number of ether oxygens (including phenoxy) is 1. The van der Waals surface area contributed by atoms with Crippen LogP contribution in [0.1, 0.15) is 26.2 Å². The molecule has 0 aromatic rings. The first-order chi connectivity index (χ1) is 6.75. The monoisotopic (exact) mass is 201 g/mol. The van der Waals surface area contributed by atoms with Crippen molar-refractivity contribution in [3.8, 4) is 0 Å². The molecule has 2 atom stereocenters. The minimum absolute atomic E-state index is 0.165. The summed E-state index contributed by atoms with van der Waals surface area (Å²) in [6.45, 7) is 4.34. The van der Waals surface area contributed by atoms with Crippen LogP contribution < -0.4 is 5.32 Å². The summed E-state index contributed by atoms with van der Waals surface area (Å²) in [7, 11) is 0. The fourth-order valence-corrected chi connectivity index (χ4v) is 1.65. The summed E-state index contributed by atoms with van der Waals surface area (Å²) in [5.41, 5.74) is 0. The second kappa shape index (κ2) is 5.98. The maximum absolute atomic E-state index is 10.7. The lowest BCUT2D eigenvalue weighted by molar-refractivity contribution is -0.146. The number of nitrogens with one attached hydrogen (secondary N) is 1. The van der Waals surface area contributed by atoms with Crippen molar-refractivity contribution in [2.24, 2.45) is 5.92 Å². The van der Waals surface area contributed by atoms with E-state index in [-0.39, 0.29) is 12.0 Å². The van der Waals surface area contributed by atoms with E-state index >= 15 is 0 Å². The van der Waals surface area contributed by atoms with Gasteiger partial charge in [0, 0.05) is 19.3 Å². The molecule has 0 aromatic heterocycles. The molecule has 2 unspecified atom stereocenters. The SMILES string of the molecule is CCOCCCNC1CCC1C(=O)O. The van der Waals surface area contributed by atoms with Gasteiger partial charge in [-0.2, -0.15) is 0 Å². The van der Waals surface area contributed by atoms with Gasteiger partial charge in [0.2, 0.25) is 0 Å². The normalized spacial score (nSPS) is 25.8. The number of carboxylic acids is 1. The van der Waals surface area contributed by atoms with Crippen molar-refractivity contribution >= 4 is 5.97 Å². The van der Waals surface area contributed by atoms with E-state index in [2.05, 4.69) is 5.32 Å². The van der Waals surface area contributed by atoms with Gasteiger partial charge in [-0.15, -0.1) is 0 Å². The molecule has 1 saturated carbocycles. The standard InChI is InChI=1S/C10H19NO3/c1-2-14-7-3-6-11-9-5-4-8(9)10(12)13/h8-9,11H,2-7H2,1H3,(H,12,13). The van der Waals surface area contributed by atoms with Gasteiger partial charge in [0.25, 0.3) is 0 Å². The van der Waals surface area contributed by atoms with Crippen molar-refractivity contribution in [2.75, 3.05) is 19.8 Å². The Bertz CT molecular complexity index is 184. The predicted molar refractivity (Wildman–Crippen MR) is 53.3 cm³/mol. The molecule has 0 aliphatic heterocycles. The number of hydrogen-bond donors (Lipinski definition) is 2. The van der Waals surface area contributed by atoms with E-state index in [0.717, 1.165) is 39.0 Å². The molecule has 2 N–H and O–H groups in total. The van der Waals surface area contributed by atoms with E-state index in [4.69, 9.17) is 9.84 Å². The predicted octanol–water partition coefficient (Wildman–Crippen LogP) is 0.866. The van der Waals surface area contributed by atoms with E-state index in [9.17, 15) is 4.79 Å². The lowest BCUT2D eigenvalue weighted by Gasteiger charge is -2.34. The second-order valence-electron chi connectivity index (χ2n) is 3.63. The van der Waals surface area contributed by atoms with Crippen LogP contribution in [0.4, 0.5) is 0 Å². The third kappa shape index (κ3) is 3.27. The Labute approximate surface area is 84.6 Å². The highest BCUT2D eigenvalue weighted by atomic mass is 16.5. The Hall–Kier alpha value is -0.610. The summed E-state index contributed by atoms with van der Waals surface area (Å²) < 4.78 is 5.18. The van der Waals surface area contributed by atoms with Gasteiger partial charge < -0.3 is 15.2 Å². The zero-order valence-corrected chi connectivity index (χ0v) is 8.66. The van der Waals surface area contributed by atoms with Crippen LogP contribution in [0.25, 0.3) is 0 Å². The topological polar surface area (TPSA) is 58.6 Å². The van der Waals surface area contributed by atoms with Gasteiger partial charge in [-0.1, -0.05) is 0 Å². The third-order valence-corrected chi connectivity index (χ3v) is 2.67. The average Bonchev–Trinajstić information content (AvgIpc) is 2.08. The van der Waals surface area contributed by atoms with Crippen molar-refractivity contribution in [3.05, 3.63) is 0 Å². The Kier molecular flexibility index (Phi) is 4.90. The van der Waals surface area contributed by atoms with Gasteiger partial charge in [-0.05, 0) is 32.7 Å².